The largest absolute Gasteiger partial charge is 0.497 e. The minimum absolute atomic E-state index is 0.494. The molecule has 0 radical (unpaired) electrons. The Bertz CT molecular complexity index is 466. The van der Waals surface area contributed by atoms with Gasteiger partial charge in [0.15, 0.2) is 0 Å². The molecule has 2 aromatic rings. The third-order valence-corrected chi connectivity index (χ3v) is 3.29. The Labute approximate surface area is 143 Å². The minimum Gasteiger partial charge on any atom is -0.497 e. The maximum absolute atomic E-state index is 5.49. The van der Waals surface area contributed by atoms with Gasteiger partial charge in [0.1, 0.15) is 23.0 Å². The molecule has 24 heavy (non-hydrogen) atoms. The van der Waals surface area contributed by atoms with Gasteiger partial charge < -0.3 is 30.4 Å². The van der Waals surface area contributed by atoms with Crippen LogP contribution >= 0.6 is 0 Å². The van der Waals surface area contributed by atoms with E-state index in [4.69, 9.17) is 30.4 Å². The molecule has 0 aliphatic heterocycles. The van der Waals surface area contributed by atoms with Gasteiger partial charge in [-0.2, -0.15) is 0 Å². The van der Waals surface area contributed by atoms with E-state index in [0.717, 1.165) is 34.1 Å². The van der Waals surface area contributed by atoms with E-state index in [1.807, 2.05) is 36.4 Å². The molecule has 0 heterocycles. The van der Waals surface area contributed by atoms with Crippen molar-refractivity contribution in [3.63, 3.8) is 0 Å². The maximum Gasteiger partial charge on any atom is 0.122 e. The monoisotopic (exact) mass is 334 g/mol. The fourth-order valence-corrected chi connectivity index (χ4v) is 1.97. The number of hydrogen-bond donors (Lipinski definition) is 2. The van der Waals surface area contributed by atoms with Crippen LogP contribution in [0.2, 0.25) is 0 Å². The summed E-state index contributed by atoms with van der Waals surface area (Å²) in [6.07, 6.45) is 0. The summed E-state index contributed by atoms with van der Waals surface area (Å²) in [7, 11) is 6.48. The first kappa shape index (κ1) is 19.6. The van der Waals surface area contributed by atoms with Crippen LogP contribution in [0.1, 0.15) is 11.1 Å². The summed E-state index contributed by atoms with van der Waals surface area (Å²) in [5.74, 6) is 3.09. The summed E-state index contributed by atoms with van der Waals surface area (Å²) < 4.78 is 20.3. The highest BCUT2D eigenvalue weighted by atomic mass is 16.5. The van der Waals surface area contributed by atoms with Crippen LogP contribution in [-0.2, 0) is 13.1 Å². The van der Waals surface area contributed by atoms with E-state index in [2.05, 4.69) is 0 Å². The average molecular weight is 334 g/mol. The van der Waals surface area contributed by atoms with Crippen molar-refractivity contribution in [2.24, 2.45) is 11.5 Å². The van der Waals surface area contributed by atoms with Crippen LogP contribution in [-0.4, -0.2) is 28.4 Å². The molecular weight excluding hydrogens is 308 g/mol. The van der Waals surface area contributed by atoms with Gasteiger partial charge >= 0.3 is 0 Å². The summed E-state index contributed by atoms with van der Waals surface area (Å²) in [6, 6.07) is 11.2. The number of rotatable bonds is 6. The highest BCUT2D eigenvalue weighted by Crippen LogP contribution is 2.22. The quantitative estimate of drug-likeness (QED) is 0.843. The van der Waals surface area contributed by atoms with Crippen molar-refractivity contribution in [1.82, 2.24) is 0 Å². The van der Waals surface area contributed by atoms with Crippen molar-refractivity contribution in [2.75, 3.05) is 28.4 Å². The fraction of sp³-hybridized carbons (Fsp3) is 0.333. The molecule has 6 nitrogen and oxygen atoms in total. The first-order valence-corrected chi connectivity index (χ1v) is 7.44. The van der Waals surface area contributed by atoms with Crippen LogP contribution in [0.15, 0.2) is 36.4 Å². The first-order chi connectivity index (χ1) is 11.6. The molecule has 0 unspecified atom stereocenters. The third kappa shape index (κ3) is 5.98. The molecule has 2 aromatic carbocycles. The Balaban J connectivity index is 0.000000240. The van der Waals surface area contributed by atoms with Crippen LogP contribution in [0.4, 0.5) is 0 Å². The number of nitrogens with two attached hydrogens (primary N) is 2. The molecule has 0 saturated carbocycles. The summed E-state index contributed by atoms with van der Waals surface area (Å²) in [5.41, 5.74) is 13.0. The standard InChI is InChI=1S/2C9H13NO2/c2*1-11-8-3-7(6-10)4-9(5-8)12-2/h2*3-5H,6,10H2,1-2H3. The lowest BCUT2D eigenvalue weighted by Crippen LogP contribution is -1.97. The molecule has 0 amide bonds. The Morgan fingerprint density at radius 1 is 0.542 bits per heavy atom. The van der Waals surface area contributed by atoms with E-state index in [9.17, 15) is 0 Å². The van der Waals surface area contributed by atoms with Crippen molar-refractivity contribution in [1.29, 1.82) is 0 Å². The number of ether oxygens (including phenoxy) is 4. The zero-order valence-corrected chi connectivity index (χ0v) is 14.7. The van der Waals surface area contributed by atoms with Gasteiger partial charge in [0.2, 0.25) is 0 Å². The zero-order chi connectivity index (χ0) is 17.9. The molecule has 0 aliphatic rings. The normalized spacial score (nSPS) is 9.58. The zero-order valence-electron chi connectivity index (χ0n) is 14.7. The second-order valence-corrected chi connectivity index (χ2v) is 4.85. The third-order valence-electron chi connectivity index (χ3n) is 3.29. The molecule has 0 saturated heterocycles. The Morgan fingerprint density at radius 2 is 0.792 bits per heavy atom. The predicted molar refractivity (Wildman–Crippen MR) is 94.9 cm³/mol. The van der Waals surface area contributed by atoms with Gasteiger partial charge in [-0.15, -0.1) is 0 Å². The smallest absolute Gasteiger partial charge is 0.122 e. The number of methoxy groups -OCH3 is 4. The Kier molecular flexibility index (Phi) is 8.46. The van der Waals surface area contributed by atoms with Crippen molar-refractivity contribution in [3.8, 4) is 23.0 Å². The molecule has 0 aromatic heterocycles. The van der Waals surface area contributed by atoms with Crippen LogP contribution < -0.4 is 30.4 Å². The lowest BCUT2D eigenvalue weighted by Gasteiger charge is -2.06. The van der Waals surface area contributed by atoms with Gasteiger partial charge in [-0.05, 0) is 35.4 Å². The second-order valence-electron chi connectivity index (χ2n) is 4.85. The summed E-state index contributed by atoms with van der Waals surface area (Å²) in [5, 5.41) is 0. The lowest BCUT2D eigenvalue weighted by molar-refractivity contribution is 0.393. The molecular formula is C18H26N2O4. The molecule has 0 bridgehead atoms. The fourth-order valence-electron chi connectivity index (χ4n) is 1.97. The van der Waals surface area contributed by atoms with Crippen LogP contribution in [0.5, 0.6) is 23.0 Å². The lowest BCUT2D eigenvalue weighted by atomic mass is 10.2. The van der Waals surface area contributed by atoms with Crippen molar-refractivity contribution in [3.05, 3.63) is 47.5 Å². The van der Waals surface area contributed by atoms with E-state index in [1.54, 1.807) is 28.4 Å². The van der Waals surface area contributed by atoms with E-state index in [-0.39, 0.29) is 0 Å². The van der Waals surface area contributed by atoms with Crippen molar-refractivity contribution in [2.45, 2.75) is 13.1 Å². The summed E-state index contributed by atoms with van der Waals surface area (Å²) in [4.78, 5) is 0. The molecule has 6 heteroatoms. The topological polar surface area (TPSA) is 89.0 Å². The second kappa shape index (κ2) is 10.4. The van der Waals surface area contributed by atoms with Gasteiger partial charge in [-0.25, -0.2) is 0 Å². The summed E-state index contributed by atoms with van der Waals surface area (Å²) in [6.45, 7) is 0.987. The highest BCUT2D eigenvalue weighted by molar-refractivity contribution is 5.39. The molecule has 0 spiro atoms. The van der Waals surface area contributed by atoms with Gasteiger partial charge in [0.25, 0.3) is 0 Å². The minimum atomic E-state index is 0.494. The van der Waals surface area contributed by atoms with Crippen molar-refractivity contribution < 1.29 is 18.9 Å². The predicted octanol–water partition coefficient (Wildman–Crippen LogP) is 2.33. The van der Waals surface area contributed by atoms with Crippen LogP contribution in [0.25, 0.3) is 0 Å². The van der Waals surface area contributed by atoms with E-state index in [0.29, 0.717) is 13.1 Å². The Hall–Kier alpha value is -2.44. The molecule has 132 valence electrons. The van der Waals surface area contributed by atoms with Gasteiger partial charge in [0.05, 0.1) is 28.4 Å². The average Bonchev–Trinajstić information content (AvgIpc) is 2.67. The van der Waals surface area contributed by atoms with Gasteiger partial charge in [-0.1, -0.05) is 0 Å². The molecule has 0 atom stereocenters. The molecule has 0 aliphatic carbocycles. The Morgan fingerprint density at radius 3 is 0.958 bits per heavy atom. The maximum atomic E-state index is 5.49. The van der Waals surface area contributed by atoms with E-state index >= 15 is 0 Å². The van der Waals surface area contributed by atoms with Crippen LogP contribution in [0, 0.1) is 0 Å². The summed E-state index contributed by atoms with van der Waals surface area (Å²) >= 11 is 0. The van der Waals surface area contributed by atoms with Gasteiger partial charge in [-0.3, -0.25) is 0 Å². The number of benzene rings is 2. The van der Waals surface area contributed by atoms with E-state index in [1.165, 1.54) is 0 Å². The van der Waals surface area contributed by atoms with Crippen molar-refractivity contribution >= 4 is 0 Å². The molecule has 2 rings (SSSR count). The van der Waals surface area contributed by atoms with Gasteiger partial charge in [0, 0.05) is 25.2 Å². The highest BCUT2D eigenvalue weighted by Gasteiger charge is 2.00. The molecule has 4 N–H and O–H groups in total. The number of hydrogen-bond acceptors (Lipinski definition) is 6. The first-order valence-electron chi connectivity index (χ1n) is 7.44. The molecule has 0 fully saturated rings. The SMILES string of the molecule is COc1cc(CN)cc(OC)c1.COc1cc(CN)cc(OC)c1. The van der Waals surface area contributed by atoms with E-state index < -0.39 is 0 Å². The van der Waals surface area contributed by atoms with Crippen LogP contribution in [0.3, 0.4) is 0 Å².